The molecule has 0 unspecified atom stereocenters. The van der Waals surface area contributed by atoms with Gasteiger partial charge in [0, 0.05) is 11.8 Å². The van der Waals surface area contributed by atoms with E-state index in [-0.39, 0.29) is 15.6 Å². The zero-order chi connectivity index (χ0) is 12.4. The summed E-state index contributed by atoms with van der Waals surface area (Å²) in [5.74, 6) is -1.11. The first-order chi connectivity index (χ1) is 8.13. The van der Waals surface area contributed by atoms with E-state index in [0.717, 1.165) is 17.5 Å². The van der Waals surface area contributed by atoms with E-state index in [1.54, 1.807) is 0 Å². The van der Waals surface area contributed by atoms with Crippen molar-refractivity contribution in [1.82, 2.24) is 9.97 Å². The summed E-state index contributed by atoms with van der Waals surface area (Å²) in [4.78, 5) is 19.0. The number of esters is 1. The van der Waals surface area contributed by atoms with Gasteiger partial charge in [0.25, 0.3) is 0 Å². The Labute approximate surface area is 105 Å². The number of carbonyl (C=O) groups is 1. The maximum absolute atomic E-state index is 13.4. The molecule has 0 atom stereocenters. The van der Waals surface area contributed by atoms with Crippen molar-refractivity contribution in [2.24, 2.45) is 0 Å². The van der Waals surface area contributed by atoms with Crippen LogP contribution in [-0.2, 0) is 4.74 Å². The highest BCUT2D eigenvalue weighted by Crippen LogP contribution is 2.32. The summed E-state index contributed by atoms with van der Waals surface area (Å²) in [7, 11) is 1.24. The molecule has 4 nitrogen and oxygen atoms in total. The van der Waals surface area contributed by atoms with Crippen molar-refractivity contribution < 1.29 is 13.9 Å². The summed E-state index contributed by atoms with van der Waals surface area (Å²) in [5.41, 5.74) is 0.252. The number of pyridine rings is 1. The zero-order valence-corrected chi connectivity index (χ0v) is 10.2. The van der Waals surface area contributed by atoms with Crippen LogP contribution in [0.3, 0.4) is 0 Å². The number of hydrogen-bond acceptors (Lipinski definition) is 5. The highest BCUT2D eigenvalue weighted by molar-refractivity contribution is 7.17. The molecule has 0 spiro atoms. The second-order valence-electron chi connectivity index (χ2n) is 2.99. The smallest absolute Gasteiger partial charge is 0.351 e. The molecule has 0 aromatic carbocycles. The Hall–Kier alpha value is -1.53. The number of ether oxygens (including phenoxy) is 1. The lowest BCUT2D eigenvalue weighted by molar-refractivity contribution is 0.0606. The molecule has 0 bridgehead atoms. The Morgan fingerprint density at radius 2 is 2.35 bits per heavy atom. The van der Waals surface area contributed by atoms with Crippen LogP contribution < -0.4 is 0 Å². The molecular weight excluding hydrogens is 267 g/mol. The molecule has 0 radical (unpaired) electrons. The van der Waals surface area contributed by atoms with E-state index in [2.05, 4.69) is 14.7 Å². The minimum atomic E-state index is -0.590. The first-order valence-corrected chi connectivity index (χ1v) is 5.67. The molecular formula is C10H6ClFN2O2S. The van der Waals surface area contributed by atoms with Gasteiger partial charge < -0.3 is 4.74 Å². The van der Waals surface area contributed by atoms with E-state index < -0.39 is 11.8 Å². The van der Waals surface area contributed by atoms with Crippen molar-refractivity contribution in [3.05, 3.63) is 34.3 Å². The van der Waals surface area contributed by atoms with E-state index in [1.807, 2.05) is 0 Å². The third kappa shape index (κ3) is 2.27. The Morgan fingerprint density at radius 1 is 1.59 bits per heavy atom. The van der Waals surface area contributed by atoms with E-state index in [9.17, 15) is 9.18 Å². The van der Waals surface area contributed by atoms with Crippen LogP contribution >= 0.6 is 22.9 Å². The molecule has 0 aliphatic carbocycles. The lowest BCUT2D eigenvalue weighted by atomic mass is 10.3. The van der Waals surface area contributed by atoms with Gasteiger partial charge in [0.15, 0.2) is 15.8 Å². The number of rotatable bonds is 2. The molecule has 0 saturated heterocycles. The minimum Gasteiger partial charge on any atom is -0.465 e. The number of halogens is 2. The van der Waals surface area contributed by atoms with E-state index in [4.69, 9.17) is 11.6 Å². The van der Waals surface area contributed by atoms with Gasteiger partial charge in [-0.05, 0) is 6.07 Å². The van der Waals surface area contributed by atoms with Crippen molar-refractivity contribution in [2.75, 3.05) is 7.11 Å². The molecule has 2 rings (SSSR count). The van der Waals surface area contributed by atoms with Crippen LogP contribution in [0.15, 0.2) is 18.5 Å². The van der Waals surface area contributed by atoms with Gasteiger partial charge in [-0.15, -0.1) is 11.3 Å². The third-order valence-electron chi connectivity index (χ3n) is 1.96. The molecule has 17 heavy (non-hydrogen) atoms. The molecule has 0 saturated carbocycles. The molecule has 88 valence electrons. The largest absolute Gasteiger partial charge is 0.465 e. The van der Waals surface area contributed by atoms with Crippen LogP contribution in [0.4, 0.5) is 4.39 Å². The van der Waals surface area contributed by atoms with Gasteiger partial charge in [0.05, 0.1) is 13.3 Å². The third-order valence-corrected chi connectivity index (χ3v) is 3.41. The maximum Gasteiger partial charge on any atom is 0.351 e. The van der Waals surface area contributed by atoms with Crippen LogP contribution in [0.5, 0.6) is 0 Å². The molecule has 0 aliphatic heterocycles. The molecule has 2 heterocycles. The van der Waals surface area contributed by atoms with Crippen LogP contribution in [0.1, 0.15) is 9.67 Å². The Bertz CT molecular complexity index is 573. The number of carbonyl (C=O) groups excluding carboxylic acids is 1. The van der Waals surface area contributed by atoms with Crippen molar-refractivity contribution in [2.45, 2.75) is 0 Å². The summed E-state index contributed by atoms with van der Waals surface area (Å²) in [6.07, 6.45) is 2.51. The van der Waals surface area contributed by atoms with Crippen molar-refractivity contribution >= 4 is 28.9 Å². The van der Waals surface area contributed by atoms with Gasteiger partial charge in [-0.3, -0.25) is 4.98 Å². The second-order valence-corrected chi connectivity index (χ2v) is 4.34. The second kappa shape index (κ2) is 4.77. The molecule has 0 aliphatic rings. The number of methoxy groups -OCH3 is 1. The van der Waals surface area contributed by atoms with Gasteiger partial charge >= 0.3 is 5.97 Å². The predicted molar refractivity (Wildman–Crippen MR) is 61.7 cm³/mol. The van der Waals surface area contributed by atoms with Crippen LogP contribution in [-0.4, -0.2) is 23.0 Å². The van der Waals surface area contributed by atoms with E-state index >= 15 is 0 Å². The van der Waals surface area contributed by atoms with Gasteiger partial charge in [-0.1, -0.05) is 11.6 Å². The number of aromatic nitrogens is 2. The van der Waals surface area contributed by atoms with Crippen molar-refractivity contribution in [3.63, 3.8) is 0 Å². The lowest BCUT2D eigenvalue weighted by Gasteiger charge is -1.96. The van der Waals surface area contributed by atoms with E-state index in [0.29, 0.717) is 5.01 Å². The summed E-state index contributed by atoms with van der Waals surface area (Å²) < 4.78 is 18.0. The maximum atomic E-state index is 13.4. The average molecular weight is 273 g/mol. The molecule has 0 fully saturated rings. The fourth-order valence-corrected chi connectivity index (χ4v) is 2.41. The molecule has 0 amide bonds. The van der Waals surface area contributed by atoms with Crippen LogP contribution in [0.2, 0.25) is 5.15 Å². The fourth-order valence-electron chi connectivity index (χ4n) is 1.18. The molecule has 0 N–H and O–H groups in total. The predicted octanol–water partition coefficient (Wildman–Crippen LogP) is 2.78. The monoisotopic (exact) mass is 272 g/mol. The first kappa shape index (κ1) is 11.9. The fraction of sp³-hybridized carbons (Fsp3) is 0.100. The number of nitrogens with zero attached hydrogens (tertiary/aromatic N) is 2. The number of hydrogen-bond donors (Lipinski definition) is 0. The van der Waals surface area contributed by atoms with Crippen molar-refractivity contribution in [3.8, 4) is 10.6 Å². The Morgan fingerprint density at radius 3 is 3.00 bits per heavy atom. The molecule has 2 aromatic heterocycles. The normalized spacial score (nSPS) is 10.3. The Balaban J connectivity index is 2.49. The lowest BCUT2D eigenvalue weighted by Crippen LogP contribution is -1.98. The highest BCUT2D eigenvalue weighted by Gasteiger charge is 2.19. The van der Waals surface area contributed by atoms with Gasteiger partial charge in [-0.2, -0.15) is 0 Å². The van der Waals surface area contributed by atoms with Gasteiger partial charge in [0.1, 0.15) is 5.01 Å². The average Bonchev–Trinajstić information content (AvgIpc) is 2.71. The van der Waals surface area contributed by atoms with Gasteiger partial charge in [-0.25, -0.2) is 14.2 Å². The quantitative estimate of drug-likeness (QED) is 0.789. The topological polar surface area (TPSA) is 52.1 Å². The number of thiazole rings is 1. The van der Waals surface area contributed by atoms with Gasteiger partial charge in [0.2, 0.25) is 0 Å². The summed E-state index contributed by atoms with van der Waals surface area (Å²) in [5, 5.41) is 0.323. The summed E-state index contributed by atoms with van der Waals surface area (Å²) in [6.45, 7) is 0. The summed E-state index contributed by atoms with van der Waals surface area (Å²) >= 11 is 6.76. The zero-order valence-electron chi connectivity index (χ0n) is 8.61. The molecule has 2 aromatic rings. The minimum absolute atomic E-state index is 0.00747. The van der Waals surface area contributed by atoms with Crippen molar-refractivity contribution in [1.29, 1.82) is 0 Å². The Kier molecular flexibility index (Phi) is 3.35. The SMILES string of the molecule is COC(=O)c1sc(-c2ccncc2F)nc1Cl. The standard InChI is InChI=1S/C10H6ClFN2O2S/c1-16-10(15)7-8(11)14-9(17-7)5-2-3-13-4-6(5)12/h2-4H,1H3. The first-order valence-electron chi connectivity index (χ1n) is 4.48. The van der Waals surface area contributed by atoms with E-state index in [1.165, 1.54) is 19.4 Å². The van der Waals surface area contributed by atoms with Crippen LogP contribution in [0, 0.1) is 5.82 Å². The highest BCUT2D eigenvalue weighted by atomic mass is 35.5. The van der Waals surface area contributed by atoms with Crippen LogP contribution in [0.25, 0.3) is 10.6 Å². The molecule has 7 heteroatoms. The summed E-state index contributed by atoms with van der Waals surface area (Å²) in [6, 6.07) is 1.46.